The Labute approximate surface area is 72.2 Å². The van der Waals surface area contributed by atoms with Crippen LogP contribution in [0.5, 0.6) is 0 Å². The Morgan fingerprint density at radius 3 is 2.73 bits per heavy atom. The lowest BCUT2D eigenvalue weighted by molar-refractivity contribution is 0.670. The highest BCUT2D eigenvalue weighted by molar-refractivity contribution is 7.11. The van der Waals surface area contributed by atoms with Crippen LogP contribution < -0.4 is 5.73 Å². The van der Waals surface area contributed by atoms with Crippen LogP contribution in [0.3, 0.4) is 0 Å². The second-order valence-corrected chi connectivity index (χ2v) is 4.40. The first-order chi connectivity index (χ1) is 5.18. The molecule has 0 amide bonds. The third-order valence-electron chi connectivity index (χ3n) is 1.64. The highest BCUT2D eigenvalue weighted by Crippen LogP contribution is 2.16. The molecule has 0 bridgehead atoms. The molecule has 0 aromatic carbocycles. The van der Waals surface area contributed by atoms with E-state index in [0.29, 0.717) is 6.04 Å². The van der Waals surface area contributed by atoms with Crippen molar-refractivity contribution < 1.29 is 0 Å². The van der Waals surface area contributed by atoms with Crippen LogP contribution in [0.4, 0.5) is 0 Å². The molecule has 1 atom stereocenters. The zero-order chi connectivity index (χ0) is 8.27. The first kappa shape index (κ1) is 8.75. The lowest BCUT2D eigenvalue weighted by Gasteiger charge is -2.01. The standard InChI is InChI=1S/C9H15NS/c1-7(10)3-5-9-6-4-8(2)11-9/h4,6-7H,3,5,10H2,1-2H3/t7-/m1/s1. The fourth-order valence-corrected chi connectivity index (χ4v) is 1.90. The van der Waals surface area contributed by atoms with Crippen LogP contribution in [0, 0.1) is 6.92 Å². The number of hydrogen-bond acceptors (Lipinski definition) is 2. The molecule has 1 aromatic heterocycles. The van der Waals surface area contributed by atoms with Crippen LogP contribution in [0.25, 0.3) is 0 Å². The summed E-state index contributed by atoms with van der Waals surface area (Å²) in [4.78, 5) is 2.85. The van der Waals surface area contributed by atoms with Crippen LogP contribution in [0.2, 0.25) is 0 Å². The van der Waals surface area contributed by atoms with Gasteiger partial charge in [0.15, 0.2) is 0 Å². The summed E-state index contributed by atoms with van der Waals surface area (Å²) >= 11 is 1.87. The lowest BCUT2D eigenvalue weighted by Crippen LogP contribution is -2.14. The van der Waals surface area contributed by atoms with Crippen molar-refractivity contribution >= 4 is 11.3 Å². The van der Waals surface area contributed by atoms with Gasteiger partial charge in [0, 0.05) is 15.8 Å². The molecule has 0 saturated carbocycles. The fourth-order valence-electron chi connectivity index (χ4n) is 0.989. The van der Waals surface area contributed by atoms with Gasteiger partial charge >= 0.3 is 0 Å². The largest absolute Gasteiger partial charge is 0.328 e. The first-order valence-corrected chi connectivity index (χ1v) is 4.81. The molecule has 0 saturated heterocycles. The van der Waals surface area contributed by atoms with E-state index in [9.17, 15) is 0 Å². The predicted octanol–water partition coefficient (Wildman–Crippen LogP) is 2.34. The number of aryl methyl sites for hydroxylation is 2. The summed E-state index contributed by atoms with van der Waals surface area (Å²) in [7, 11) is 0. The number of nitrogens with two attached hydrogens (primary N) is 1. The molecule has 1 nitrogen and oxygen atoms in total. The van der Waals surface area contributed by atoms with Gasteiger partial charge in [0.25, 0.3) is 0 Å². The topological polar surface area (TPSA) is 26.0 Å². The maximum atomic E-state index is 5.65. The molecule has 0 aliphatic rings. The van der Waals surface area contributed by atoms with Gasteiger partial charge in [0.05, 0.1) is 0 Å². The minimum Gasteiger partial charge on any atom is -0.328 e. The van der Waals surface area contributed by atoms with Crippen LogP contribution in [0.1, 0.15) is 23.1 Å². The van der Waals surface area contributed by atoms with E-state index in [1.807, 2.05) is 11.3 Å². The SMILES string of the molecule is Cc1ccc(CC[C@@H](C)N)s1. The average Bonchev–Trinajstić information content (AvgIpc) is 2.31. The van der Waals surface area contributed by atoms with E-state index in [1.165, 1.54) is 9.75 Å². The highest BCUT2D eigenvalue weighted by Gasteiger charge is 1.98. The van der Waals surface area contributed by atoms with Crippen LogP contribution in [0.15, 0.2) is 12.1 Å². The van der Waals surface area contributed by atoms with Crippen molar-refractivity contribution in [3.8, 4) is 0 Å². The zero-order valence-electron chi connectivity index (χ0n) is 7.13. The third kappa shape index (κ3) is 3.04. The summed E-state index contributed by atoms with van der Waals surface area (Å²) in [6.45, 7) is 4.19. The number of hydrogen-bond donors (Lipinski definition) is 1. The summed E-state index contributed by atoms with van der Waals surface area (Å²) in [5.74, 6) is 0. The smallest absolute Gasteiger partial charge is 0.00486 e. The fraction of sp³-hybridized carbons (Fsp3) is 0.556. The Bertz CT molecular complexity index is 215. The molecule has 11 heavy (non-hydrogen) atoms. The van der Waals surface area contributed by atoms with Crippen molar-refractivity contribution in [3.63, 3.8) is 0 Å². The van der Waals surface area contributed by atoms with Crippen molar-refractivity contribution in [1.29, 1.82) is 0 Å². The van der Waals surface area contributed by atoms with Gasteiger partial charge in [0.2, 0.25) is 0 Å². The van der Waals surface area contributed by atoms with Gasteiger partial charge in [0.1, 0.15) is 0 Å². The molecule has 0 aliphatic heterocycles. The van der Waals surface area contributed by atoms with Gasteiger partial charge in [-0.25, -0.2) is 0 Å². The summed E-state index contributed by atoms with van der Waals surface area (Å²) in [6, 6.07) is 4.70. The summed E-state index contributed by atoms with van der Waals surface area (Å²) in [5, 5.41) is 0. The molecule has 0 spiro atoms. The Hall–Kier alpha value is -0.340. The Balaban J connectivity index is 2.39. The normalized spacial score (nSPS) is 13.4. The Morgan fingerprint density at radius 2 is 2.27 bits per heavy atom. The molecule has 1 heterocycles. The summed E-state index contributed by atoms with van der Waals surface area (Å²) < 4.78 is 0. The van der Waals surface area contributed by atoms with Gasteiger partial charge in [-0.15, -0.1) is 11.3 Å². The van der Waals surface area contributed by atoms with Gasteiger partial charge in [-0.3, -0.25) is 0 Å². The van der Waals surface area contributed by atoms with Crippen molar-refractivity contribution in [2.24, 2.45) is 5.73 Å². The molecule has 0 radical (unpaired) electrons. The molecule has 2 heteroatoms. The molecule has 0 fully saturated rings. The van der Waals surface area contributed by atoms with E-state index in [1.54, 1.807) is 0 Å². The van der Waals surface area contributed by atoms with E-state index in [4.69, 9.17) is 5.73 Å². The van der Waals surface area contributed by atoms with Crippen LogP contribution in [-0.2, 0) is 6.42 Å². The molecule has 0 aliphatic carbocycles. The van der Waals surface area contributed by atoms with Crippen molar-refractivity contribution in [1.82, 2.24) is 0 Å². The van der Waals surface area contributed by atoms with Crippen molar-refractivity contribution in [2.75, 3.05) is 0 Å². The minimum atomic E-state index is 0.331. The lowest BCUT2D eigenvalue weighted by atomic mass is 10.2. The molecule has 1 rings (SSSR count). The third-order valence-corrected chi connectivity index (χ3v) is 2.70. The van der Waals surface area contributed by atoms with Gasteiger partial charge < -0.3 is 5.73 Å². The van der Waals surface area contributed by atoms with Gasteiger partial charge in [-0.05, 0) is 38.8 Å². The molecular formula is C9H15NS. The Morgan fingerprint density at radius 1 is 1.55 bits per heavy atom. The summed E-state index contributed by atoms with van der Waals surface area (Å²) in [6.07, 6.45) is 2.23. The molecule has 1 aromatic rings. The second kappa shape index (κ2) is 3.88. The van der Waals surface area contributed by atoms with E-state index >= 15 is 0 Å². The van der Waals surface area contributed by atoms with E-state index in [2.05, 4.69) is 26.0 Å². The van der Waals surface area contributed by atoms with Crippen LogP contribution >= 0.6 is 11.3 Å². The summed E-state index contributed by atoms with van der Waals surface area (Å²) in [5.41, 5.74) is 5.65. The van der Waals surface area contributed by atoms with Crippen LogP contribution in [-0.4, -0.2) is 6.04 Å². The molecule has 62 valence electrons. The van der Waals surface area contributed by atoms with E-state index < -0.39 is 0 Å². The second-order valence-electron chi connectivity index (χ2n) is 3.03. The number of thiophene rings is 1. The van der Waals surface area contributed by atoms with E-state index in [-0.39, 0.29) is 0 Å². The Kier molecular flexibility index (Phi) is 3.09. The van der Waals surface area contributed by atoms with Gasteiger partial charge in [-0.2, -0.15) is 0 Å². The molecule has 2 N–H and O–H groups in total. The maximum Gasteiger partial charge on any atom is 0.00486 e. The van der Waals surface area contributed by atoms with Gasteiger partial charge in [-0.1, -0.05) is 0 Å². The molecular weight excluding hydrogens is 154 g/mol. The zero-order valence-corrected chi connectivity index (χ0v) is 7.95. The van der Waals surface area contributed by atoms with Crippen molar-refractivity contribution in [3.05, 3.63) is 21.9 Å². The average molecular weight is 169 g/mol. The monoisotopic (exact) mass is 169 g/mol. The predicted molar refractivity (Wildman–Crippen MR) is 51.0 cm³/mol. The maximum absolute atomic E-state index is 5.65. The quantitative estimate of drug-likeness (QED) is 0.738. The highest BCUT2D eigenvalue weighted by atomic mass is 32.1. The first-order valence-electron chi connectivity index (χ1n) is 3.99. The minimum absolute atomic E-state index is 0.331. The van der Waals surface area contributed by atoms with E-state index in [0.717, 1.165) is 12.8 Å². The molecule has 0 unspecified atom stereocenters. The number of rotatable bonds is 3. The van der Waals surface area contributed by atoms with Crippen molar-refractivity contribution in [2.45, 2.75) is 32.7 Å².